The first-order valence-corrected chi connectivity index (χ1v) is 6.31. The highest BCUT2D eigenvalue weighted by Gasteiger charge is 2.02. The van der Waals surface area contributed by atoms with E-state index in [1.807, 2.05) is 37.3 Å². The summed E-state index contributed by atoms with van der Waals surface area (Å²) in [7, 11) is 0. The van der Waals surface area contributed by atoms with Gasteiger partial charge in [-0.3, -0.25) is 0 Å². The predicted octanol–water partition coefficient (Wildman–Crippen LogP) is 4.04. The molecule has 0 aliphatic heterocycles. The molecular formula is C14H17Cl2NO2. The fourth-order valence-corrected chi connectivity index (χ4v) is 1.93. The zero-order valence-corrected chi connectivity index (χ0v) is 12.3. The largest absolute Gasteiger partial charge is 0.492 e. The molecule has 1 aromatic heterocycles. The first-order chi connectivity index (χ1) is 8.79. The maximum Gasteiger partial charge on any atom is 0.137 e. The van der Waals surface area contributed by atoms with Crippen LogP contribution in [0.15, 0.2) is 41.0 Å². The van der Waals surface area contributed by atoms with Gasteiger partial charge in [-0.05, 0) is 36.8 Å². The van der Waals surface area contributed by atoms with E-state index < -0.39 is 0 Å². The van der Waals surface area contributed by atoms with Crippen molar-refractivity contribution in [3.05, 3.63) is 52.9 Å². The van der Waals surface area contributed by atoms with E-state index in [4.69, 9.17) is 20.8 Å². The SMILES string of the molecule is CCOc1ccc(CNCc2ccco2)cc1Cl.Cl. The quantitative estimate of drug-likeness (QED) is 0.874. The lowest BCUT2D eigenvalue weighted by atomic mass is 10.2. The van der Waals surface area contributed by atoms with Crippen LogP contribution in [0.1, 0.15) is 18.2 Å². The summed E-state index contributed by atoms with van der Waals surface area (Å²) in [5, 5.41) is 3.94. The van der Waals surface area contributed by atoms with Crippen LogP contribution in [-0.4, -0.2) is 6.61 Å². The van der Waals surface area contributed by atoms with Gasteiger partial charge in [0.15, 0.2) is 0 Å². The van der Waals surface area contributed by atoms with E-state index in [0.717, 1.165) is 23.6 Å². The van der Waals surface area contributed by atoms with Crippen LogP contribution in [0.3, 0.4) is 0 Å². The number of benzene rings is 1. The Kier molecular flexibility index (Phi) is 6.78. The lowest BCUT2D eigenvalue weighted by Gasteiger charge is -2.08. The molecule has 2 aromatic rings. The maximum atomic E-state index is 6.12. The highest BCUT2D eigenvalue weighted by atomic mass is 35.5. The van der Waals surface area contributed by atoms with Crippen molar-refractivity contribution in [3.8, 4) is 5.75 Å². The van der Waals surface area contributed by atoms with Crippen molar-refractivity contribution in [2.75, 3.05) is 6.61 Å². The normalized spacial score (nSPS) is 10.0. The van der Waals surface area contributed by atoms with E-state index in [9.17, 15) is 0 Å². The first kappa shape index (κ1) is 15.9. The van der Waals surface area contributed by atoms with Crippen LogP contribution in [0, 0.1) is 0 Å². The fourth-order valence-electron chi connectivity index (χ4n) is 1.67. The molecule has 3 nitrogen and oxygen atoms in total. The second-order valence-electron chi connectivity index (χ2n) is 3.88. The van der Waals surface area contributed by atoms with Gasteiger partial charge in [0, 0.05) is 6.54 Å². The molecule has 0 aliphatic carbocycles. The van der Waals surface area contributed by atoms with Crippen molar-refractivity contribution < 1.29 is 9.15 Å². The Morgan fingerprint density at radius 1 is 1.26 bits per heavy atom. The molecule has 0 radical (unpaired) electrons. The Morgan fingerprint density at radius 2 is 2.11 bits per heavy atom. The van der Waals surface area contributed by atoms with Crippen molar-refractivity contribution in [3.63, 3.8) is 0 Å². The molecule has 0 amide bonds. The van der Waals surface area contributed by atoms with Gasteiger partial charge in [0.1, 0.15) is 11.5 Å². The summed E-state index contributed by atoms with van der Waals surface area (Å²) in [6.45, 7) is 4.01. The summed E-state index contributed by atoms with van der Waals surface area (Å²) in [6.07, 6.45) is 1.67. The van der Waals surface area contributed by atoms with Gasteiger partial charge >= 0.3 is 0 Å². The zero-order chi connectivity index (χ0) is 12.8. The predicted molar refractivity (Wildman–Crippen MR) is 79.1 cm³/mol. The van der Waals surface area contributed by atoms with Crippen molar-refractivity contribution in [2.45, 2.75) is 20.0 Å². The average Bonchev–Trinajstić information content (AvgIpc) is 2.86. The average molecular weight is 302 g/mol. The molecule has 0 spiro atoms. The van der Waals surface area contributed by atoms with Crippen LogP contribution in [0.4, 0.5) is 0 Å². The lowest BCUT2D eigenvalue weighted by molar-refractivity contribution is 0.340. The summed E-state index contributed by atoms with van der Waals surface area (Å²) >= 11 is 6.12. The van der Waals surface area contributed by atoms with E-state index in [1.165, 1.54) is 0 Å². The number of furan rings is 1. The molecule has 0 bridgehead atoms. The topological polar surface area (TPSA) is 34.4 Å². The molecule has 1 N–H and O–H groups in total. The third-order valence-electron chi connectivity index (χ3n) is 2.50. The second kappa shape index (κ2) is 8.10. The molecule has 5 heteroatoms. The molecule has 0 saturated heterocycles. The van der Waals surface area contributed by atoms with Gasteiger partial charge in [0.2, 0.25) is 0 Å². The summed E-state index contributed by atoms with van der Waals surface area (Å²) < 4.78 is 10.6. The second-order valence-corrected chi connectivity index (χ2v) is 4.29. The summed E-state index contributed by atoms with van der Waals surface area (Å²) in [5.74, 6) is 1.65. The minimum atomic E-state index is 0. The molecule has 1 heterocycles. The number of halogens is 2. The van der Waals surface area contributed by atoms with Crippen LogP contribution in [0.25, 0.3) is 0 Å². The standard InChI is InChI=1S/C14H16ClNO2.ClH/c1-2-17-14-6-5-11(8-13(14)15)9-16-10-12-4-3-7-18-12;/h3-8,16H,2,9-10H2,1H3;1H. The summed E-state index contributed by atoms with van der Waals surface area (Å²) in [5.41, 5.74) is 1.12. The fraction of sp³-hybridized carbons (Fsp3) is 0.286. The van der Waals surface area contributed by atoms with E-state index >= 15 is 0 Å². The number of hydrogen-bond donors (Lipinski definition) is 1. The minimum Gasteiger partial charge on any atom is -0.492 e. The highest BCUT2D eigenvalue weighted by Crippen LogP contribution is 2.25. The van der Waals surface area contributed by atoms with E-state index in [0.29, 0.717) is 18.2 Å². The van der Waals surface area contributed by atoms with Crippen molar-refractivity contribution in [1.82, 2.24) is 5.32 Å². The van der Waals surface area contributed by atoms with Crippen LogP contribution >= 0.6 is 24.0 Å². The van der Waals surface area contributed by atoms with Crippen LogP contribution < -0.4 is 10.1 Å². The molecule has 0 fully saturated rings. The smallest absolute Gasteiger partial charge is 0.137 e. The van der Waals surface area contributed by atoms with Crippen LogP contribution in [0.2, 0.25) is 5.02 Å². The Bertz CT molecular complexity index is 486. The number of rotatable bonds is 6. The minimum absolute atomic E-state index is 0. The molecule has 1 aromatic carbocycles. The lowest BCUT2D eigenvalue weighted by Crippen LogP contribution is -2.12. The molecule has 2 rings (SSSR count). The van der Waals surface area contributed by atoms with Gasteiger partial charge in [-0.1, -0.05) is 17.7 Å². The van der Waals surface area contributed by atoms with E-state index in [1.54, 1.807) is 6.26 Å². The van der Waals surface area contributed by atoms with Crippen molar-refractivity contribution in [2.24, 2.45) is 0 Å². The maximum absolute atomic E-state index is 6.12. The molecule has 0 aliphatic rings. The van der Waals surface area contributed by atoms with Gasteiger partial charge in [0.25, 0.3) is 0 Å². The van der Waals surface area contributed by atoms with Gasteiger partial charge in [-0.2, -0.15) is 0 Å². The number of hydrogen-bond acceptors (Lipinski definition) is 3. The van der Waals surface area contributed by atoms with Gasteiger partial charge in [0.05, 0.1) is 24.4 Å². The third kappa shape index (κ3) is 4.78. The van der Waals surface area contributed by atoms with Crippen molar-refractivity contribution in [1.29, 1.82) is 0 Å². The van der Waals surface area contributed by atoms with Crippen LogP contribution in [-0.2, 0) is 13.1 Å². The highest BCUT2D eigenvalue weighted by molar-refractivity contribution is 6.32. The summed E-state index contributed by atoms with van der Waals surface area (Å²) in [6, 6.07) is 9.65. The summed E-state index contributed by atoms with van der Waals surface area (Å²) in [4.78, 5) is 0. The van der Waals surface area contributed by atoms with E-state index in [-0.39, 0.29) is 12.4 Å². The number of nitrogens with one attached hydrogen (secondary N) is 1. The van der Waals surface area contributed by atoms with Gasteiger partial charge in [-0.15, -0.1) is 12.4 Å². The Balaban J connectivity index is 0.00000180. The zero-order valence-electron chi connectivity index (χ0n) is 10.7. The first-order valence-electron chi connectivity index (χ1n) is 5.94. The molecule has 104 valence electrons. The van der Waals surface area contributed by atoms with Crippen LogP contribution in [0.5, 0.6) is 5.75 Å². The number of ether oxygens (including phenoxy) is 1. The Hall–Kier alpha value is -1.16. The molecular weight excluding hydrogens is 285 g/mol. The third-order valence-corrected chi connectivity index (χ3v) is 2.80. The van der Waals surface area contributed by atoms with Crippen molar-refractivity contribution >= 4 is 24.0 Å². The molecule has 0 saturated carbocycles. The molecule has 19 heavy (non-hydrogen) atoms. The molecule has 0 atom stereocenters. The molecule has 0 unspecified atom stereocenters. The van der Waals surface area contributed by atoms with Gasteiger partial charge < -0.3 is 14.5 Å². The monoisotopic (exact) mass is 301 g/mol. The Labute approximate surface area is 124 Å². The Morgan fingerprint density at radius 3 is 2.74 bits per heavy atom. The van der Waals surface area contributed by atoms with Gasteiger partial charge in [-0.25, -0.2) is 0 Å². The van der Waals surface area contributed by atoms with E-state index in [2.05, 4.69) is 5.32 Å².